The van der Waals surface area contributed by atoms with Crippen molar-refractivity contribution in [2.45, 2.75) is 25.5 Å². The topological polar surface area (TPSA) is 92.9 Å². The molecule has 0 spiro atoms. The molecule has 1 aliphatic heterocycles. The Hall–Kier alpha value is -1.73. The quantitative estimate of drug-likeness (QED) is 0.781. The molecule has 2 rings (SSSR count). The molecule has 0 unspecified atom stereocenters. The van der Waals surface area contributed by atoms with Crippen LogP contribution in [0.25, 0.3) is 0 Å². The number of aliphatic carboxylic acids is 1. The van der Waals surface area contributed by atoms with E-state index >= 15 is 0 Å². The molecule has 3 N–H and O–H groups in total. The van der Waals surface area contributed by atoms with Gasteiger partial charge in [-0.05, 0) is 30.1 Å². The lowest BCUT2D eigenvalue weighted by molar-refractivity contribution is -0.137. The number of carboxylic acids is 1. The van der Waals surface area contributed by atoms with Crippen molar-refractivity contribution in [3.63, 3.8) is 0 Å². The first kappa shape index (κ1) is 18.6. The standard InChI is InChI=1S/C17H24N2O4S/c18-15(16(20)21)12-24-11-14-6-8-19(9-7-14)17(22)23-10-13-4-2-1-3-5-13/h1-5,14-15H,6-12,18H2,(H,20,21)/t15-/m0/s1. The van der Waals surface area contributed by atoms with Crippen molar-refractivity contribution in [2.75, 3.05) is 24.6 Å². The summed E-state index contributed by atoms with van der Waals surface area (Å²) in [7, 11) is 0. The molecule has 1 atom stereocenters. The van der Waals surface area contributed by atoms with Crippen molar-refractivity contribution in [2.24, 2.45) is 11.7 Å². The van der Waals surface area contributed by atoms with E-state index in [4.69, 9.17) is 15.6 Å². The molecule has 0 saturated carbocycles. The Balaban J connectivity index is 1.63. The molecular formula is C17H24N2O4S. The molecule has 0 bridgehead atoms. The number of likely N-dealkylation sites (tertiary alicyclic amines) is 1. The second-order valence-corrected chi connectivity index (χ2v) is 7.03. The largest absolute Gasteiger partial charge is 0.480 e. The molecule has 1 aromatic carbocycles. The van der Waals surface area contributed by atoms with Crippen LogP contribution >= 0.6 is 11.8 Å². The SMILES string of the molecule is N[C@@H](CSCC1CCN(C(=O)OCc2ccccc2)CC1)C(=O)O. The molecule has 1 aliphatic rings. The van der Waals surface area contributed by atoms with Crippen LogP contribution in [0.2, 0.25) is 0 Å². The van der Waals surface area contributed by atoms with Crippen LogP contribution in [0.3, 0.4) is 0 Å². The lowest BCUT2D eigenvalue weighted by Crippen LogP contribution is -2.39. The number of carbonyl (C=O) groups excluding carboxylic acids is 1. The van der Waals surface area contributed by atoms with Crippen LogP contribution in [-0.4, -0.2) is 52.7 Å². The third-order valence-corrected chi connectivity index (χ3v) is 5.35. The minimum Gasteiger partial charge on any atom is -0.480 e. The summed E-state index contributed by atoms with van der Waals surface area (Å²) in [4.78, 5) is 24.5. The average molecular weight is 352 g/mol. The number of nitrogens with two attached hydrogens (primary N) is 1. The normalized spacial score (nSPS) is 16.6. The monoisotopic (exact) mass is 352 g/mol. The van der Waals surface area contributed by atoms with Gasteiger partial charge in [0.25, 0.3) is 0 Å². The molecule has 0 aromatic heterocycles. The Kier molecular flexibility index (Phi) is 7.39. The number of carboxylic acid groups (broad SMARTS) is 1. The van der Waals surface area contributed by atoms with E-state index in [-0.39, 0.29) is 6.09 Å². The van der Waals surface area contributed by atoms with Crippen molar-refractivity contribution < 1.29 is 19.4 Å². The van der Waals surface area contributed by atoms with Gasteiger partial charge in [0, 0.05) is 18.8 Å². The molecule has 1 heterocycles. The minimum atomic E-state index is -0.960. The second-order valence-electron chi connectivity index (χ2n) is 5.95. The zero-order valence-electron chi connectivity index (χ0n) is 13.6. The van der Waals surface area contributed by atoms with Gasteiger partial charge in [-0.2, -0.15) is 11.8 Å². The number of hydrogen-bond acceptors (Lipinski definition) is 5. The van der Waals surface area contributed by atoms with Crippen LogP contribution in [0.4, 0.5) is 4.79 Å². The fourth-order valence-corrected chi connectivity index (χ4v) is 3.73. The van der Waals surface area contributed by atoms with Gasteiger partial charge in [0.05, 0.1) is 0 Å². The number of amides is 1. The van der Waals surface area contributed by atoms with Gasteiger partial charge in [-0.25, -0.2) is 4.79 Å². The summed E-state index contributed by atoms with van der Waals surface area (Å²) in [5.74, 6) is 0.843. The Labute approximate surface area is 146 Å². The summed E-state index contributed by atoms with van der Waals surface area (Å²) < 4.78 is 5.34. The van der Waals surface area contributed by atoms with Crippen LogP contribution in [-0.2, 0) is 16.1 Å². The molecule has 7 heteroatoms. The molecule has 1 aromatic rings. The van der Waals surface area contributed by atoms with Crippen molar-refractivity contribution >= 4 is 23.8 Å². The maximum absolute atomic E-state index is 12.1. The molecule has 0 aliphatic carbocycles. The van der Waals surface area contributed by atoms with Crippen molar-refractivity contribution in [1.82, 2.24) is 4.90 Å². The van der Waals surface area contributed by atoms with E-state index in [1.807, 2.05) is 30.3 Å². The van der Waals surface area contributed by atoms with E-state index in [2.05, 4.69) is 0 Å². The van der Waals surface area contributed by atoms with Gasteiger partial charge in [-0.1, -0.05) is 30.3 Å². The predicted octanol–water partition coefficient (Wildman–Crippen LogP) is 2.18. The predicted molar refractivity (Wildman–Crippen MR) is 93.9 cm³/mol. The van der Waals surface area contributed by atoms with Gasteiger partial charge in [0.2, 0.25) is 0 Å². The smallest absolute Gasteiger partial charge is 0.410 e. The number of ether oxygens (including phenoxy) is 1. The van der Waals surface area contributed by atoms with Crippen LogP contribution in [0, 0.1) is 5.92 Å². The van der Waals surface area contributed by atoms with E-state index in [0.29, 0.717) is 31.4 Å². The highest BCUT2D eigenvalue weighted by Gasteiger charge is 2.24. The molecule has 6 nitrogen and oxygen atoms in total. The van der Waals surface area contributed by atoms with Crippen molar-refractivity contribution in [3.8, 4) is 0 Å². The molecule has 1 fully saturated rings. The number of thioether (sulfide) groups is 1. The maximum Gasteiger partial charge on any atom is 0.410 e. The van der Waals surface area contributed by atoms with E-state index in [9.17, 15) is 9.59 Å². The summed E-state index contributed by atoms with van der Waals surface area (Å²) in [5.41, 5.74) is 6.46. The van der Waals surface area contributed by atoms with Gasteiger partial charge >= 0.3 is 12.1 Å². The first-order valence-electron chi connectivity index (χ1n) is 8.08. The number of benzene rings is 1. The molecule has 0 radical (unpaired) electrons. The van der Waals surface area contributed by atoms with Crippen molar-refractivity contribution in [1.29, 1.82) is 0 Å². The highest BCUT2D eigenvalue weighted by atomic mass is 32.2. The maximum atomic E-state index is 12.1. The molecule has 24 heavy (non-hydrogen) atoms. The van der Waals surface area contributed by atoms with Crippen molar-refractivity contribution in [3.05, 3.63) is 35.9 Å². The molecule has 1 amide bonds. The zero-order valence-corrected chi connectivity index (χ0v) is 14.4. The summed E-state index contributed by atoms with van der Waals surface area (Å²) >= 11 is 1.57. The summed E-state index contributed by atoms with van der Waals surface area (Å²) in [6, 6.07) is 8.82. The number of nitrogens with zero attached hydrogens (tertiary/aromatic N) is 1. The fourth-order valence-electron chi connectivity index (χ4n) is 2.53. The third kappa shape index (κ3) is 6.05. The third-order valence-electron chi connectivity index (χ3n) is 4.05. The summed E-state index contributed by atoms with van der Waals surface area (Å²) in [6.07, 6.45) is 1.56. The Morgan fingerprint density at radius 2 is 1.96 bits per heavy atom. The lowest BCUT2D eigenvalue weighted by Gasteiger charge is -2.31. The first-order chi connectivity index (χ1) is 11.6. The number of rotatable bonds is 7. The van der Waals surface area contributed by atoms with Gasteiger partial charge in [0.15, 0.2) is 0 Å². The van der Waals surface area contributed by atoms with Gasteiger partial charge < -0.3 is 20.5 Å². The zero-order chi connectivity index (χ0) is 17.4. The van der Waals surface area contributed by atoms with Crippen LogP contribution < -0.4 is 5.73 Å². The van der Waals surface area contributed by atoms with Crippen LogP contribution in [0.15, 0.2) is 30.3 Å². The number of hydrogen-bond donors (Lipinski definition) is 2. The Bertz CT molecular complexity index is 533. The van der Waals surface area contributed by atoms with Gasteiger partial charge in [-0.15, -0.1) is 0 Å². The number of piperidine rings is 1. The van der Waals surface area contributed by atoms with E-state index in [1.54, 1.807) is 16.7 Å². The average Bonchev–Trinajstić information content (AvgIpc) is 2.61. The molecule has 1 saturated heterocycles. The number of carbonyl (C=O) groups is 2. The second kappa shape index (κ2) is 9.54. The fraction of sp³-hybridized carbons (Fsp3) is 0.529. The van der Waals surface area contributed by atoms with Crippen LogP contribution in [0.5, 0.6) is 0 Å². The summed E-state index contributed by atoms with van der Waals surface area (Å²) in [6.45, 7) is 1.66. The van der Waals surface area contributed by atoms with E-state index in [1.165, 1.54) is 0 Å². The van der Waals surface area contributed by atoms with E-state index < -0.39 is 12.0 Å². The molecule has 132 valence electrons. The summed E-state index contributed by atoms with van der Waals surface area (Å²) in [5, 5.41) is 8.75. The highest BCUT2D eigenvalue weighted by Crippen LogP contribution is 2.22. The molecular weight excluding hydrogens is 328 g/mol. The van der Waals surface area contributed by atoms with Crippen LogP contribution in [0.1, 0.15) is 18.4 Å². The highest BCUT2D eigenvalue weighted by molar-refractivity contribution is 7.99. The Morgan fingerprint density at radius 1 is 1.29 bits per heavy atom. The first-order valence-corrected chi connectivity index (χ1v) is 9.23. The van der Waals surface area contributed by atoms with Gasteiger partial charge in [-0.3, -0.25) is 4.79 Å². The lowest BCUT2D eigenvalue weighted by atomic mass is 9.99. The van der Waals surface area contributed by atoms with E-state index in [0.717, 1.165) is 24.2 Å². The van der Waals surface area contributed by atoms with Gasteiger partial charge in [0.1, 0.15) is 12.6 Å². The Morgan fingerprint density at radius 3 is 2.58 bits per heavy atom. The minimum absolute atomic E-state index is 0.266.